The van der Waals surface area contributed by atoms with Crippen LogP contribution in [0.15, 0.2) is 18.2 Å². The summed E-state index contributed by atoms with van der Waals surface area (Å²) in [5.41, 5.74) is 0.985. The van der Waals surface area contributed by atoms with Crippen molar-refractivity contribution in [1.29, 1.82) is 0 Å². The predicted molar refractivity (Wildman–Crippen MR) is 79.3 cm³/mol. The lowest BCUT2D eigenvalue weighted by atomic mass is 10.1. The second kappa shape index (κ2) is 7.21. The molecule has 0 unspecified atom stereocenters. The first-order valence-corrected chi connectivity index (χ1v) is 6.32. The van der Waals surface area contributed by atoms with Gasteiger partial charge in [0.25, 0.3) is 5.69 Å². The summed E-state index contributed by atoms with van der Waals surface area (Å²) in [7, 11) is 0. The summed E-state index contributed by atoms with van der Waals surface area (Å²) in [5, 5.41) is 16.6. The summed E-state index contributed by atoms with van der Waals surface area (Å²) >= 11 is 0. The Balaban J connectivity index is 0.00000200. The van der Waals surface area contributed by atoms with Crippen LogP contribution >= 0.6 is 12.4 Å². The van der Waals surface area contributed by atoms with E-state index in [9.17, 15) is 14.9 Å². The fraction of sp³-hybridized carbons (Fsp3) is 0.462. The van der Waals surface area contributed by atoms with E-state index >= 15 is 0 Å². The van der Waals surface area contributed by atoms with E-state index in [-0.39, 0.29) is 30.5 Å². The number of carbonyl (C=O) groups excluding carboxylic acids is 1. The van der Waals surface area contributed by atoms with Gasteiger partial charge in [-0.2, -0.15) is 0 Å². The van der Waals surface area contributed by atoms with Gasteiger partial charge in [0.15, 0.2) is 0 Å². The molecule has 0 spiro atoms. The maximum Gasteiger partial charge on any atom is 0.274 e. The first kappa shape index (κ1) is 16.4. The van der Waals surface area contributed by atoms with Gasteiger partial charge in [-0.05, 0) is 38.3 Å². The number of nitrogens with zero attached hydrogens (tertiary/aromatic N) is 1. The third-order valence-corrected chi connectivity index (χ3v) is 3.19. The summed E-state index contributed by atoms with van der Waals surface area (Å²) in [6.07, 6.45) is 2.47. The molecule has 0 bridgehead atoms. The minimum absolute atomic E-state index is 0. The number of carbonyl (C=O) groups is 1. The molecule has 1 aliphatic rings. The predicted octanol–water partition coefficient (Wildman–Crippen LogP) is 2.26. The van der Waals surface area contributed by atoms with Crippen molar-refractivity contribution in [3.63, 3.8) is 0 Å². The van der Waals surface area contributed by atoms with Gasteiger partial charge in [0.2, 0.25) is 5.91 Å². The summed E-state index contributed by atoms with van der Waals surface area (Å²) in [6.45, 7) is 2.73. The normalized spacial score (nSPS) is 13.4. The quantitative estimate of drug-likeness (QED) is 0.623. The van der Waals surface area contributed by atoms with Crippen molar-refractivity contribution in [3.05, 3.63) is 33.9 Å². The summed E-state index contributed by atoms with van der Waals surface area (Å²) in [4.78, 5) is 22.1. The highest BCUT2D eigenvalue weighted by Gasteiger charge is 2.20. The number of nitrogens with one attached hydrogen (secondary N) is 2. The topological polar surface area (TPSA) is 84.3 Å². The van der Waals surface area contributed by atoms with E-state index in [2.05, 4.69) is 10.6 Å². The molecule has 7 heteroatoms. The van der Waals surface area contributed by atoms with Crippen molar-refractivity contribution in [3.8, 4) is 0 Å². The third kappa shape index (κ3) is 4.47. The highest BCUT2D eigenvalue weighted by Crippen LogP contribution is 2.27. The minimum atomic E-state index is -0.448. The van der Waals surface area contributed by atoms with Crippen LogP contribution < -0.4 is 10.6 Å². The molecule has 1 aromatic carbocycles. The molecular weight excluding hydrogens is 282 g/mol. The van der Waals surface area contributed by atoms with Crippen molar-refractivity contribution in [2.75, 3.05) is 18.4 Å². The number of hydrogen-bond donors (Lipinski definition) is 2. The highest BCUT2D eigenvalue weighted by atomic mass is 35.5. The fourth-order valence-electron chi connectivity index (χ4n) is 1.86. The average molecular weight is 300 g/mol. The van der Waals surface area contributed by atoms with E-state index in [1.54, 1.807) is 19.1 Å². The van der Waals surface area contributed by atoms with E-state index < -0.39 is 4.92 Å². The molecule has 0 saturated heterocycles. The van der Waals surface area contributed by atoms with E-state index in [0.29, 0.717) is 17.2 Å². The van der Waals surface area contributed by atoms with Crippen LogP contribution in [0.2, 0.25) is 0 Å². The van der Waals surface area contributed by atoms with Crippen LogP contribution in [0.3, 0.4) is 0 Å². The van der Waals surface area contributed by atoms with Crippen molar-refractivity contribution in [2.24, 2.45) is 5.92 Å². The highest BCUT2D eigenvalue weighted by molar-refractivity contribution is 5.93. The van der Waals surface area contributed by atoms with Crippen LogP contribution in [0, 0.1) is 23.0 Å². The van der Waals surface area contributed by atoms with Crippen molar-refractivity contribution < 1.29 is 9.72 Å². The first-order chi connectivity index (χ1) is 9.08. The Labute approximate surface area is 123 Å². The lowest BCUT2D eigenvalue weighted by molar-refractivity contribution is -0.385. The first-order valence-electron chi connectivity index (χ1n) is 6.32. The van der Waals surface area contributed by atoms with Crippen LogP contribution in [0.1, 0.15) is 18.4 Å². The average Bonchev–Trinajstić information content (AvgIpc) is 3.15. The molecular formula is C13H18ClN3O3. The lowest BCUT2D eigenvalue weighted by Gasteiger charge is -2.09. The molecule has 0 radical (unpaired) electrons. The molecule has 0 aliphatic heterocycles. The third-order valence-electron chi connectivity index (χ3n) is 3.19. The van der Waals surface area contributed by atoms with Gasteiger partial charge in [-0.3, -0.25) is 14.9 Å². The number of halogens is 1. The van der Waals surface area contributed by atoms with E-state index in [4.69, 9.17) is 0 Å². The standard InChI is InChI=1S/C13H17N3O3.ClH/c1-9-11(3-2-4-12(9)16(18)19)15-13(17)8-14-7-10-5-6-10;/h2-4,10,14H,5-8H2,1H3,(H,15,17);1H. The number of benzene rings is 1. The molecule has 0 heterocycles. The molecule has 0 aromatic heterocycles. The minimum Gasteiger partial charge on any atom is -0.324 e. The van der Waals surface area contributed by atoms with Gasteiger partial charge in [-0.25, -0.2) is 0 Å². The molecule has 2 N–H and O–H groups in total. The Kier molecular flexibility index (Phi) is 5.91. The van der Waals surface area contributed by atoms with Crippen molar-refractivity contribution >= 4 is 29.7 Å². The second-order valence-electron chi connectivity index (χ2n) is 4.83. The molecule has 20 heavy (non-hydrogen) atoms. The van der Waals surface area contributed by atoms with Gasteiger partial charge >= 0.3 is 0 Å². The zero-order chi connectivity index (χ0) is 13.8. The monoisotopic (exact) mass is 299 g/mol. The molecule has 1 aliphatic carbocycles. The van der Waals surface area contributed by atoms with Gasteiger partial charge in [0.05, 0.1) is 22.7 Å². The van der Waals surface area contributed by atoms with Crippen LogP contribution in [-0.4, -0.2) is 23.9 Å². The van der Waals surface area contributed by atoms with E-state index in [0.717, 1.165) is 6.54 Å². The van der Waals surface area contributed by atoms with Crippen molar-refractivity contribution in [2.45, 2.75) is 19.8 Å². The van der Waals surface area contributed by atoms with Crippen molar-refractivity contribution in [1.82, 2.24) is 5.32 Å². The molecule has 1 aromatic rings. The Morgan fingerprint density at radius 2 is 2.15 bits per heavy atom. The van der Waals surface area contributed by atoms with Gasteiger partial charge in [0, 0.05) is 6.07 Å². The number of amides is 1. The van der Waals surface area contributed by atoms with E-state index in [1.165, 1.54) is 18.9 Å². The Morgan fingerprint density at radius 3 is 2.75 bits per heavy atom. The molecule has 1 fully saturated rings. The summed E-state index contributed by atoms with van der Waals surface area (Å²) in [5.74, 6) is 0.539. The van der Waals surface area contributed by atoms with Crippen LogP contribution in [0.4, 0.5) is 11.4 Å². The van der Waals surface area contributed by atoms with Gasteiger partial charge < -0.3 is 10.6 Å². The number of nitro benzene ring substituents is 1. The SMILES string of the molecule is Cc1c(NC(=O)CNCC2CC2)cccc1[N+](=O)[O-].Cl. The van der Waals surface area contributed by atoms with E-state index in [1.807, 2.05) is 0 Å². The fourth-order valence-corrected chi connectivity index (χ4v) is 1.86. The maximum atomic E-state index is 11.7. The lowest BCUT2D eigenvalue weighted by Crippen LogP contribution is -2.29. The molecule has 1 saturated carbocycles. The number of anilines is 1. The largest absolute Gasteiger partial charge is 0.324 e. The Bertz CT molecular complexity index is 504. The zero-order valence-electron chi connectivity index (χ0n) is 11.2. The summed E-state index contributed by atoms with van der Waals surface area (Å²) < 4.78 is 0. The van der Waals surface area contributed by atoms with Crippen LogP contribution in [-0.2, 0) is 4.79 Å². The Hall–Kier alpha value is -1.66. The van der Waals surface area contributed by atoms with Crippen LogP contribution in [0.25, 0.3) is 0 Å². The Morgan fingerprint density at radius 1 is 1.45 bits per heavy atom. The molecule has 1 amide bonds. The second-order valence-corrected chi connectivity index (χ2v) is 4.83. The molecule has 6 nitrogen and oxygen atoms in total. The zero-order valence-corrected chi connectivity index (χ0v) is 12.0. The molecule has 0 atom stereocenters. The number of nitro groups is 1. The number of rotatable bonds is 6. The maximum absolute atomic E-state index is 11.7. The van der Waals surface area contributed by atoms with Crippen LogP contribution in [0.5, 0.6) is 0 Å². The summed E-state index contributed by atoms with van der Waals surface area (Å²) in [6, 6.07) is 4.66. The smallest absolute Gasteiger partial charge is 0.274 e. The van der Waals surface area contributed by atoms with Gasteiger partial charge in [-0.15, -0.1) is 12.4 Å². The molecule has 110 valence electrons. The van der Waals surface area contributed by atoms with Gasteiger partial charge in [-0.1, -0.05) is 6.07 Å². The molecule has 2 rings (SSSR count). The number of hydrogen-bond acceptors (Lipinski definition) is 4. The van der Waals surface area contributed by atoms with Gasteiger partial charge in [0.1, 0.15) is 0 Å².